The quantitative estimate of drug-likeness (QED) is 0.301. The Morgan fingerprint density at radius 2 is 1.40 bits per heavy atom. The van der Waals surface area contributed by atoms with Crippen molar-refractivity contribution in [3.63, 3.8) is 0 Å². The number of aryl methyl sites for hydroxylation is 4. The first-order valence-electron chi connectivity index (χ1n) is 12.3. The first kappa shape index (κ1) is 28.7. The molecular formula is C28H29N5O5S2. The van der Waals surface area contributed by atoms with E-state index >= 15 is 0 Å². The molecule has 0 unspecified atom stereocenters. The molecule has 0 aliphatic heterocycles. The standard InChI is InChI=1S/C28H29N5O5S2/c1-19-10-15-26(20(2)16-19)33(40(37,38)25-8-6-5-7-9-25)18-27(34)31-23-11-13-24(14-12-23)39(35,36)32-28-29-21(3)17-22(4)30-28/h5-17H,18H2,1-4H3,(H,31,34)(H,29,30,32). The van der Waals surface area contributed by atoms with Crippen LogP contribution in [0.15, 0.2) is 88.7 Å². The summed E-state index contributed by atoms with van der Waals surface area (Å²) in [5, 5.41) is 2.65. The van der Waals surface area contributed by atoms with Gasteiger partial charge in [0.15, 0.2) is 0 Å². The Labute approximate surface area is 234 Å². The van der Waals surface area contributed by atoms with Gasteiger partial charge in [0.25, 0.3) is 20.0 Å². The third kappa shape index (κ3) is 6.64. The van der Waals surface area contributed by atoms with Crippen LogP contribution >= 0.6 is 0 Å². The van der Waals surface area contributed by atoms with Crippen LogP contribution in [0.2, 0.25) is 0 Å². The fraction of sp³-hybridized carbons (Fsp3) is 0.179. The molecule has 0 aliphatic carbocycles. The largest absolute Gasteiger partial charge is 0.325 e. The second-order valence-corrected chi connectivity index (χ2v) is 12.8. The molecule has 0 saturated heterocycles. The molecule has 4 aromatic rings. The van der Waals surface area contributed by atoms with Crippen molar-refractivity contribution in [1.29, 1.82) is 0 Å². The van der Waals surface area contributed by atoms with Crippen molar-refractivity contribution in [2.75, 3.05) is 20.9 Å². The minimum absolute atomic E-state index is 0.0407. The summed E-state index contributed by atoms with van der Waals surface area (Å²) in [4.78, 5) is 21.3. The van der Waals surface area contributed by atoms with Crippen LogP contribution in [0, 0.1) is 27.7 Å². The lowest BCUT2D eigenvalue weighted by atomic mass is 10.1. The molecule has 12 heteroatoms. The van der Waals surface area contributed by atoms with Gasteiger partial charge in [-0.3, -0.25) is 9.10 Å². The number of benzene rings is 3. The average Bonchev–Trinajstić information content (AvgIpc) is 2.87. The predicted octanol–water partition coefficient (Wildman–Crippen LogP) is 4.35. The predicted molar refractivity (Wildman–Crippen MR) is 154 cm³/mol. The van der Waals surface area contributed by atoms with E-state index in [4.69, 9.17) is 0 Å². The molecule has 2 N–H and O–H groups in total. The van der Waals surface area contributed by atoms with E-state index in [1.165, 1.54) is 36.4 Å². The average molecular weight is 580 g/mol. The van der Waals surface area contributed by atoms with Gasteiger partial charge in [-0.25, -0.2) is 31.5 Å². The molecule has 1 amide bonds. The molecule has 4 rings (SSSR count). The number of rotatable bonds is 9. The molecule has 40 heavy (non-hydrogen) atoms. The van der Waals surface area contributed by atoms with E-state index in [0.29, 0.717) is 28.3 Å². The van der Waals surface area contributed by atoms with Gasteiger partial charge in [-0.15, -0.1) is 0 Å². The second kappa shape index (κ2) is 11.4. The highest BCUT2D eigenvalue weighted by molar-refractivity contribution is 7.93. The minimum atomic E-state index is -4.07. The first-order valence-corrected chi connectivity index (χ1v) is 15.2. The summed E-state index contributed by atoms with van der Waals surface area (Å²) in [5.74, 6) is -0.641. The molecule has 10 nitrogen and oxygen atoms in total. The van der Waals surface area contributed by atoms with E-state index in [1.54, 1.807) is 57.2 Å². The number of aromatic nitrogens is 2. The van der Waals surface area contributed by atoms with Crippen molar-refractivity contribution >= 4 is 43.3 Å². The summed E-state index contributed by atoms with van der Waals surface area (Å²) in [5.41, 5.74) is 3.56. The summed E-state index contributed by atoms with van der Waals surface area (Å²) in [6.45, 7) is 6.65. The van der Waals surface area contributed by atoms with Crippen molar-refractivity contribution in [1.82, 2.24) is 9.97 Å². The van der Waals surface area contributed by atoms with Crippen molar-refractivity contribution in [2.24, 2.45) is 0 Å². The normalized spacial score (nSPS) is 11.6. The van der Waals surface area contributed by atoms with E-state index in [0.717, 1.165) is 9.87 Å². The third-order valence-electron chi connectivity index (χ3n) is 5.90. The second-order valence-electron chi connectivity index (χ2n) is 9.27. The van der Waals surface area contributed by atoms with Crippen LogP contribution < -0.4 is 14.3 Å². The molecule has 0 atom stereocenters. The topological polar surface area (TPSA) is 138 Å². The van der Waals surface area contributed by atoms with Gasteiger partial charge in [0, 0.05) is 17.1 Å². The smallest absolute Gasteiger partial charge is 0.264 e. The van der Waals surface area contributed by atoms with E-state index in [2.05, 4.69) is 20.0 Å². The number of carbonyl (C=O) groups excluding carboxylic acids is 1. The van der Waals surface area contributed by atoms with Gasteiger partial charge in [0.05, 0.1) is 15.5 Å². The fourth-order valence-corrected chi connectivity index (χ4v) is 6.55. The van der Waals surface area contributed by atoms with Gasteiger partial charge < -0.3 is 5.32 Å². The van der Waals surface area contributed by atoms with Crippen LogP contribution in [0.4, 0.5) is 17.3 Å². The molecular weight excluding hydrogens is 550 g/mol. The Hall–Kier alpha value is -4.29. The summed E-state index contributed by atoms with van der Waals surface area (Å²) in [6.07, 6.45) is 0. The van der Waals surface area contributed by atoms with Crippen molar-refractivity contribution in [2.45, 2.75) is 37.5 Å². The number of nitrogens with one attached hydrogen (secondary N) is 2. The van der Waals surface area contributed by atoms with Crippen molar-refractivity contribution in [3.05, 3.63) is 101 Å². The molecule has 1 heterocycles. The number of nitrogens with zero attached hydrogens (tertiary/aromatic N) is 3. The maximum absolute atomic E-state index is 13.6. The molecule has 0 aliphatic rings. The first-order chi connectivity index (χ1) is 18.8. The van der Waals surface area contributed by atoms with Crippen LogP contribution in [0.3, 0.4) is 0 Å². The minimum Gasteiger partial charge on any atom is -0.325 e. The maximum atomic E-state index is 13.6. The molecule has 0 bridgehead atoms. The summed E-state index contributed by atoms with van der Waals surface area (Å²) in [7, 11) is -8.05. The van der Waals surface area contributed by atoms with Gasteiger partial charge >= 0.3 is 0 Å². The van der Waals surface area contributed by atoms with E-state index in [-0.39, 0.29) is 15.7 Å². The Bertz CT molecular complexity index is 1740. The van der Waals surface area contributed by atoms with Crippen LogP contribution in [-0.2, 0) is 24.8 Å². The van der Waals surface area contributed by atoms with Crippen LogP contribution in [0.25, 0.3) is 0 Å². The van der Waals surface area contributed by atoms with Crippen molar-refractivity contribution < 1.29 is 21.6 Å². The molecule has 0 spiro atoms. The highest BCUT2D eigenvalue weighted by Crippen LogP contribution is 2.28. The molecule has 208 valence electrons. The zero-order valence-corrected chi connectivity index (χ0v) is 24.0. The molecule has 0 radical (unpaired) electrons. The number of hydrogen-bond donors (Lipinski definition) is 2. The van der Waals surface area contributed by atoms with Gasteiger partial charge in [-0.05, 0) is 81.8 Å². The van der Waals surface area contributed by atoms with E-state index in [9.17, 15) is 21.6 Å². The number of anilines is 3. The zero-order valence-electron chi connectivity index (χ0n) is 22.4. The lowest BCUT2D eigenvalue weighted by molar-refractivity contribution is -0.114. The van der Waals surface area contributed by atoms with Crippen LogP contribution in [0.1, 0.15) is 22.5 Å². The molecule has 0 saturated carbocycles. The maximum Gasteiger partial charge on any atom is 0.264 e. The lowest BCUT2D eigenvalue weighted by Crippen LogP contribution is -2.38. The van der Waals surface area contributed by atoms with Gasteiger partial charge in [-0.2, -0.15) is 0 Å². The highest BCUT2D eigenvalue weighted by Gasteiger charge is 2.28. The van der Waals surface area contributed by atoms with E-state index < -0.39 is 32.5 Å². The Morgan fingerprint density at radius 3 is 2.00 bits per heavy atom. The SMILES string of the molecule is Cc1ccc(N(CC(=O)Nc2ccc(S(=O)(=O)Nc3nc(C)cc(C)n3)cc2)S(=O)(=O)c2ccccc2)c(C)c1. The summed E-state index contributed by atoms with van der Waals surface area (Å²) < 4.78 is 56.2. The lowest BCUT2D eigenvalue weighted by Gasteiger charge is -2.26. The number of carbonyl (C=O) groups is 1. The molecule has 3 aromatic carbocycles. The fourth-order valence-electron chi connectivity index (χ4n) is 4.10. The van der Waals surface area contributed by atoms with Gasteiger partial charge in [0.1, 0.15) is 6.54 Å². The summed E-state index contributed by atoms with van der Waals surface area (Å²) in [6, 6.07) is 20.4. The Kier molecular flexibility index (Phi) is 8.21. The van der Waals surface area contributed by atoms with Gasteiger partial charge in [0.2, 0.25) is 11.9 Å². The number of amides is 1. The van der Waals surface area contributed by atoms with Crippen LogP contribution in [-0.4, -0.2) is 39.3 Å². The Balaban J connectivity index is 1.54. The number of hydrogen-bond acceptors (Lipinski definition) is 7. The Morgan fingerprint density at radius 1 is 0.775 bits per heavy atom. The monoisotopic (exact) mass is 579 g/mol. The summed E-state index contributed by atoms with van der Waals surface area (Å²) >= 11 is 0. The molecule has 1 aromatic heterocycles. The third-order valence-corrected chi connectivity index (χ3v) is 9.01. The molecule has 0 fully saturated rings. The number of sulfonamides is 2. The highest BCUT2D eigenvalue weighted by atomic mass is 32.2. The van der Waals surface area contributed by atoms with Crippen LogP contribution in [0.5, 0.6) is 0 Å². The zero-order chi connectivity index (χ0) is 29.1. The van der Waals surface area contributed by atoms with Gasteiger partial charge in [-0.1, -0.05) is 35.9 Å². The van der Waals surface area contributed by atoms with E-state index in [1.807, 2.05) is 13.0 Å². The van der Waals surface area contributed by atoms with Crippen molar-refractivity contribution in [3.8, 4) is 0 Å².